The van der Waals surface area contributed by atoms with Gasteiger partial charge in [0.15, 0.2) is 6.10 Å². The smallest absolute Gasteiger partial charge is 0.332 e. The second kappa shape index (κ2) is 6.07. The molecule has 0 unspecified atom stereocenters. The van der Waals surface area contributed by atoms with Gasteiger partial charge in [-0.1, -0.05) is 6.07 Å². The topological polar surface area (TPSA) is 64.6 Å². The number of carbonyl (C=O) groups is 2. The van der Waals surface area contributed by atoms with Crippen molar-refractivity contribution in [3.8, 4) is 5.75 Å². The van der Waals surface area contributed by atoms with Crippen molar-refractivity contribution < 1.29 is 19.1 Å². The van der Waals surface area contributed by atoms with Crippen LogP contribution < -0.4 is 10.1 Å². The monoisotopic (exact) mass is 335 g/mol. The van der Waals surface area contributed by atoms with Crippen LogP contribution in [0.4, 0.5) is 0 Å². The predicted octanol–water partition coefficient (Wildman–Crippen LogP) is 1.77. The highest BCUT2D eigenvalue weighted by molar-refractivity contribution is 7.99. The Balaban J connectivity index is 1.74. The molecule has 1 saturated heterocycles. The van der Waals surface area contributed by atoms with E-state index in [-0.39, 0.29) is 11.9 Å². The Hall–Kier alpha value is -1.69. The van der Waals surface area contributed by atoms with Crippen LogP contribution >= 0.6 is 11.8 Å². The fourth-order valence-corrected chi connectivity index (χ4v) is 4.37. The minimum atomic E-state index is -0.916. The molecule has 124 valence electrons. The quantitative estimate of drug-likeness (QED) is 0.853. The van der Waals surface area contributed by atoms with Gasteiger partial charge < -0.3 is 14.8 Å². The van der Waals surface area contributed by atoms with Gasteiger partial charge in [-0.2, -0.15) is 11.8 Å². The number of thioether (sulfide) groups is 1. The van der Waals surface area contributed by atoms with E-state index in [2.05, 4.69) is 11.4 Å². The van der Waals surface area contributed by atoms with E-state index in [0.717, 1.165) is 22.6 Å². The average molecular weight is 335 g/mol. The number of ether oxygens (including phenoxy) is 2. The summed E-state index contributed by atoms with van der Waals surface area (Å²) in [6.07, 6.45) is 0.541. The molecule has 3 rings (SSSR count). The highest BCUT2D eigenvalue weighted by atomic mass is 32.2. The van der Waals surface area contributed by atoms with E-state index in [1.54, 1.807) is 11.8 Å². The van der Waals surface area contributed by atoms with Gasteiger partial charge in [-0.05, 0) is 48.8 Å². The van der Waals surface area contributed by atoms with Gasteiger partial charge in [0.2, 0.25) is 0 Å². The van der Waals surface area contributed by atoms with Gasteiger partial charge in [-0.25, -0.2) is 4.79 Å². The minimum absolute atomic E-state index is 0.246. The van der Waals surface area contributed by atoms with Gasteiger partial charge in [-0.3, -0.25) is 4.79 Å². The van der Waals surface area contributed by atoms with Gasteiger partial charge in [0, 0.05) is 12.2 Å². The van der Waals surface area contributed by atoms with Gasteiger partial charge in [0.05, 0.1) is 7.11 Å². The van der Waals surface area contributed by atoms with Crippen LogP contribution in [0.5, 0.6) is 5.75 Å². The van der Waals surface area contributed by atoms with Crippen LogP contribution in [0, 0.1) is 13.8 Å². The Bertz CT molecular complexity index is 621. The normalized spacial score (nSPS) is 25.6. The molecule has 1 aromatic carbocycles. The lowest BCUT2D eigenvalue weighted by atomic mass is 9.98. The molecule has 2 atom stereocenters. The first kappa shape index (κ1) is 16.2. The summed E-state index contributed by atoms with van der Waals surface area (Å²) in [6.45, 7) is 4.07. The first-order chi connectivity index (χ1) is 10.9. The summed E-state index contributed by atoms with van der Waals surface area (Å²) >= 11 is 1.64. The number of carbonyl (C=O) groups excluding carboxylic acids is 2. The standard InChI is InChI=1S/C17H21NO4S/c1-10-6-12-8-14(22-13(12)7-11(10)2)15(19)18-17(16(20)21-3)4-5-23-9-17/h6-7,14H,4-5,8-9H2,1-3H3,(H,18,19)/t14-,17-/m0/s1. The molecular formula is C17H21NO4S. The summed E-state index contributed by atoms with van der Waals surface area (Å²) in [5.74, 6) is 1.52. The maximum atomic E-state index is 12.6. The summed E-state index contributed by atoms with van der Waals surface area (Å²) in [6, 6.07) is 4.04. The van der Waals surface area contributed by atoms with Crippen molar-refractivity contribution in [1.82, 2.24) is 5.32 Å². The first-order valence-electron chi connectivity index (χ1n) is 7.70. The number of hydrogen-bond acceptors (Lipinski definition) is 5. The summed E-state index contributed by atoms with van der Waals surface area (Å²) in [5.41, 5.74) is 2.45. The van der Waals surface area contributed by atoms with Crippen LogP contribution in [0.1, 0.15) is 23.1 Å². The molecule has 1 N–H and O–H groups in total. The zero-order chi connectivity index (χ0) is 16.6. The van der Waals surface area contributed by atoms with Crippen LogP contribution in [-0.2, 0) is 20.7 Å². The van der Waals surface area contributed by atoms with E-state index >= 15 is 0 Å². The van der Waals surface area contributed by atoms with Crippen molar-refractivity contribution in [2.24, 2.45) is 0 Å². The molecule has 23 heavy (non-hydrogen) atoms. The number of aryl methyl sites for hydroxylation is 2. The predicted molar refractivity (Wildman–Crippen MR) is 88.9 cm³/mol. The molecule has 0 aromatic heterocycles. The summed E-state index contributed by atoms with van der Waals surface area (Å²) in [4.78, 5) is 24.7. The zero-order valence-corrected chi connectivity index (χ0v) is 14.4. The van der Waals surface area contributed by atoms with Crippen LogP contribution in [0.15, 0.2) is 12.1 Å². The molecule has 0 radical (unpaired) electrons. The minimum Gasteiger partial charge on any atom is -0.480 e. The Morgan fingerprint density at radius 2 is 2.09 bits per heavy atom. The van der Waals surface area contributed by atoms with Gasteiger partial charge in [0.1, 0.15) is 11.3 Å². The van der Waals surface area contributed by atoms with E-state index in [1.807, 2.05) is 19.9 Å². The third-order valence-electron chi connectivity index (χ3n) is 4.60. The molecule has 6 heteroatoms. The summed E-state index contributed by atoms with van der Waals surface area (Å²) in [7, 11) is 1.35. The largest absolute Gasteiger partial charge is 0.480 e. The fourth-order valence-electron chi connectivity index (χ4n) is 3.05. The summed E-state index contributed by atoms with van der Waals surface area (Å²) in [5, 5.41) is 2.89. The van der Waals surface area contributed by atoms with Crippen molar-refractivity contribution >= 4 is 23.6 Å². The van der Waals surface area contributed by atoms with E-state index in [9.17, 15) is 9.59 Å². The number of benzene rings is 1. The first-order valence-corrected chi connectivity index (χ1v) is 8.85. The number of amides is 1. The number of esters is 1. The Morgan fingerprint density at radius 1 is 1.35 bits per heavy atom. The number of methoxy groups -OCH3 is 1. The number of hydrogen-bond donors (Lipinski definition) is 1. The molecule has 1 fully saturated rings. The zero-order valence-electron chi connectivity index (χ0n) is 13.6. The molecule has 0 bridgehead atoms. The molecular weight excluding hydrogens is 314 g/mol. The molecule has 0 saturated carbocycles. The van der Waals surface area contributed by atoms with E-state index in [1.165, 1.54) is 12.7 Å². The maximum absolute atomic E-state index is 12.6. The fraction of sp³-hybridized carbons (Fsp3) is 0.529. The third-order valence-corrected chi connectivity index (χ3v) is 5.79. The van der Waals surface area contributed by atoms with Crippen molar-refractivity contribution in [3.05, 3.63) is 28.8 Å². The van der Waals surface area contributed by atoms with E-state index in [0.29, 0.717) is 18.6 Å². The number of rotatable bonds is 3. The van der Waals surface area contributed by atoms with Crippen molar-refractivity contribution in [2.45, 2.75) is 38.3 Å². The van der Waals surface area contributed by atoms with Crippen molar-refractivity contribution in [2.75, 3.05) is 18.6 Å². The van der Waals surface area contributed by atoms with Crippen molar-refractivity contribution in [3.63, 3.8) is 0 Å². The van der Waals surface area contributed by atoms with Crippen LogP contribution in [-0.4, -0.2) is 42.1 Å². The molecule has 0 aliphatic carbocycles. The highest BCUT2D eigenvalue weighted by Gasteiger charge is 2.46. The maximum Gasteiger partial charge on any atom is 0.332 e. The number of nitrogens with one attached hydrogen (secondary N) is 1. The Kier molecular flexibility index (Phi) is 4.27. The van der Waals surface area contributed by atoms with Crippen molar-refractivity contribution in [1.29, 1.82) is 0 Å². The Morgan fingerprint density at radius 3 is 2.74 bits per heavy atom. The van der Waals surface area contributed by atoms with E-state index < -0.39 is 11.6 Å². The molecule has 0 spiro atoms. The SMILES string of the molecule is COC(=O)[C@]1(NC(=O)[C@@H]2Cc3cc(C)c(C)cc3O2)CCSC1. The Labute approximate surface area is 140 Å². The average Bonchev–Trinajstić information content (AvgIpc) is 3.14. The lowest BCUT2D eigenvalue weighted by molar-refractivity contribution is -0.150. The second-order valence-electron chi connectivity index (χ2n) is 6.22. The molecule has 5 nitrogen and oxygen atoms in total. The second-order valence-corrected chi connectivity index (χ2v) is 7.33. The van der Waals surface area contributed by atoms with Gasteiger partial charge in [0.25, 0.3) is 5.91 Å². The number of fused-ring (bicyclic) bond motifs is 1. The molecule has 1 aromatic rings. The molecule has 1 amide bonds. The molecule has 2 aliphatic rings. The highest BCUT2D eigenvalue weighted by Crippen LogP contribution is 2.33. The van der Waals surface area contributed by atoms with Crippen LogP contribution in [0.25, 0.3) is 0 Å². The lowest BCUT2D eigenvalue weighted by Crippen LogP contribution is -2.58. The van der Waals surface area contributed by atoms with Gasteiger partial charge in [-0.15, -0.1) is 0 Å². The van der Waals surface area contributed by atoms with Crippen LogP contribution in [0.2, 0.25) is 0 Å². The van der Waals surface area contributed by atoms with Gasteiger partial charge >= 0.3 is 5.97 Å². The van der Waals surface area contributed by atoms with E-state index in [4.69, 9.17) is 9.47 Å². The molecule has 2 aliphatic heterocycles. The third kappa shape index (κ3) is 2.92. The summed E-state index contributed by atoms with van der Waals surface area (Å²) < 4.78 is 10.7. The van der Waals surface area contributed by atoms with Crippen LogP contribution in [0.3, 0.4) is 0 Å². The lowest BCUT2D eigenvalue weighted by Gasteiger charge is -2.27. The molecule has 2 heterocycles.